The van der Waals surface area contributed by atoms with E-state index in [4.69, 9.17) is 5.11 Å². The van der Waals surface area contributed by atoms with Gasteiger partial charge in [0.15, 0.2) is 0 Å². The van der Waals surface area contributed by atoms with Gasteiger partial charge in [-0.05, 0) is 24.6 Å². The number of aromatic nitrogens is 1. The van der Waals surface area contributed by atoms with Gasteiger partial charge in [-0.3, -0.25) is 4.79 Å². The van der Waals surface area contributed by atoms with Crippen LogP contribution in [0.5, 0.6) is 0 Å². The normalized spacial score (nSPS) is 12.6. The lowest BCUT2D eigenvalue weighted by atomic mass is 10.2. The van der Waals surface area contributed by atoms with Gasteiger partial charge in [0.25, 0.3) is 0 Å². The number of fused-ring (bicyclic) bond motifs is 1. The van der Waals surface area contributed by atoms with Crippen molar-refractivity contribution >= 4 is 28.6 Å². The Morgan fingerprint density at radius 2 is 2.17 bits per heavy atom. The summed E-state index contributed by atoms with van der Waals surface area (Å²) in [5.74, 6) is -0.770. The Balaban J connectivity index is 2.27. The molecule has 0 radical (unpaired) electrons. The molecule has 3 nitrogen and oxygen atoms in total. The summed E-state index contributed by atoms with van der Waals surface area (Å²) in [5.41, 5.74) is 2.05. The van der Waals surface area contributed by atoms with Gasteiger partial charge in [0.1, 0.15) is 0 Å². The van der Waals surface area contributed by atoms with Crippen molar-refractivity contribution in [2.24, 2.45) is 0 Å². The van der Waals surface area contributed by atoms with Crippen molar-refractivity contribution in [1.82, 2.24) is 4.98 Å². The molecule has 0 spiro atoms. The molecule has 94 valence electrons. The number of thioether (sulfide) groups is 1. The number of carbonyl (C=O) groups is 1. The molecular weight excluding hydrogens is 246 g/mol. The van der Waals surface area contributed by atoms with Gasteiger partial charge in [-0.2, -0.15) is 0 Å². The maximum Gasteiger partial charge on any atom is 0.304 e. The molecule has 1 N–H and O–H groups in total. The summed E-state index contributed by atoms with van der Waals surface area (Å²) in [7, 11) is 0. The second-order valence-electron chi connectivity index (χ2n) is 4.33. The minimum Gasteiger partial charge on any atom is -0.481 e. The molecule has 2 rings (SSSR count). The van der Waals surface area contributed by atoms with Crippen molar-refractivity contribution in [1.29, 1.82) is 0 Å². The first-order valence-electron chi connectivity index (χ1n) is 5.81. The highest BCUT2D eigenvalue weighted by Gasteiger charge is 2.12. The average molecular weight is 261 g/mol. The fraction of sp³-hybridized carbons (Fsp3) is 0.286. The molecular formula is C14H15NO2S. The van der Waals surface area contributed by atoms with Crippen LogP contribution in [0.3, 0.4) is 0 Å². The minimum absolute atomic E-state index is 0.0230. The smallest absolute Gasteiger partial charge is 0.304 e. The highest BCUT2D eigenvalue weighted by Crippen LogP contribution is 2.28. The van der Waals surface area contributed by atoms with Crippen LogP contribution in [0, 0.1) is 6.92 Å². The Labute approximate surface area is 110 Å². The number of hydrogen-bond acceptors (Lipinski definition) is 3. The predicted molar refractivity (Wildman–Crippen MR) is 74.1 cm³/mol. The highest BCUT2D eigenvalue weighted by molar-refractivity contribution is 7.99. The third-order valence-corrected chi connectivity index (χ3v) is 3.85. The van der Waals surface area contributed by atoms with Gasteiger partial charge in [0, 0.05) is 10.6 Å². The van der Waals surface area contributed by atoms with Crippen molar-refractivity contribution in [3.8, 4) is 0 Å². The van der Waals surface area contributed by atoms with Gasteiger partial charge in [-0.1, -0.05) is 25.1 Å². The van der Waals surface area contributed by atoms with E-state index in [1.165, 1.54) is 11.8 Å². The molecule has 0 aliphatic heterocycles. The number of para-hydroxylation sites is 1. The number of pyridine rings is 1. The summed E-state index contributed by atoms with van der Waals surface area (Å²) in [5, 5.41) is 10.8. The van der Waals surface area contributed by atoms with E-state index < -0.39 is 5.97 Å². The quantitative estimate of drug-likeness (QED) is 0.856. The lowest BCUT2D eigenvalue weighted by Crippen LogP contribution is -2.06. The number of carboxylic acid groups (broad SMARTS) is 1. The largest absolute Gasteiger partial charge is 0.481 e. The molecule has 0 aliphatic rings. The molecule has 0 amide bonds. The van der Waals surface area contributed by atoms with Crippen LogP contribution < -0.4 is 0 Å². The number of rotatable bonds is 4. The minimum atomic E-state index is -0.770. The van der Waals surface area contributed by atoms with E-state index in [1.807, 2.05) is 38.1 Å². The zero-order valence-electron chi connectivity index (χ0n) is 10.4. The molecule has 0 saturated carbocycles. The van der Waals surface area contributed by atoms with Crippen LogP contribution in [0.2, 0.25) is 0 Å². The Kier molecular flexibility index (Phi) is 3.87. The van der Waals surface area contributed by atoms with E-state index in [0.29, 0.717) is 0 Å². The summed E-state index contributed by atoms with van der Waals surface area (Å²) in [6, 6.07) is 10.0. The first-order valence-corrected chi connectivity index (χ1v) is 6.69. The van der Waals surface area contributed by atoms with Crippen molar-refractivity contribution in [2.75, 3.05) is 0 Å². The number of aryl methyl sites for hydroxylation is 1. The van der Waals surface area contributed by atoms with Gasteiger partial charge in [0.2, 0.25) is 0 Å². The van der Waals surface area contributed by atoms with Crippen molar-refractivity contribution in [2.45, 2.75) is 30.5 Å². The van der Waals surface area contributed by atoms with Crippen LogP contribution in [0.15, 0.2) is 35.4 Å². The summed E-state index contributed by atoms with van der Waals surface area (Å²) in [6.07, 6.45) is 0.151. The Bertz CT molecular complexity index is 583. The molecule has 0 aliphatic carbocycles. The van der Waals surface area contributed by atoms with Gasteiger partial charge in [-0.15, -0.1) is 11.8 Å². The van der Waals surface area contributed by atoms with Gasteiger partial charge >= 0.3 is 5.97 Å². The molecule has 0 saturated heterocycles. The number of benzene rings is 1. The first-order chi connectivity index (χ1) is 8.56. The number of carboxylic acids is 1. The van der Waals surface area contributed by atoms with E-state index in [1.54, 1.807) is 0 Å². The molecule has 2 aromatic rings. The van der Waals surface area contributed by atoms with Crippen molar-refractivity contribution in [3.63, 3.8) is 0 Å². The van der Waals surface area contributed by atoms with Crippen LogP contribution in [0.1, 0.15) is 18.9 Å². The van der Waals surface area contributed by atoms with Crippen molar-refractivity contribution < 1.29 is 9.90 Å². The van der Waals surface area contributed by atoms with Crippen LogP contribution in [0.4, 0.5) is 0 Å². The van der Waals surface area contributed by atoms with Crippen LogP contribution >= 0.6 is 11.8 Å². The highest BCUT2D eigenvalue weighted by atomic mass is 32.2. The summed E-state index contributed by atoms with van der Waals surface area (Å²) < 4.78 is 0. The van der Waals surface area contributed by atoms with Crippen LogP contribution in [-0.4, -0.2) is 21.3 Å². The maximum absolute atomic E-state index is 10.7. The molecule has 4 heteroatoms. The average Bonchev–Trinajstić information content (AvgIpc) is 2.29. The second-order valence-corrected chi connectivity index (χ2v) is 5.76. The zero-order chi connectivity index (χ0) is 13.1. The van der Waals surface area contributed by atoms with E-state index >= 15 is 0 Å². The molecule has 1 atom stereocenters. The SMILES string of the molecule is Cc1cc2ccccc2nc1SC(C)CC(=O)O. The molecule has 1 unspecified atom stereocenters. The molecule has 1 aromatic heterocycles. The molecule has 1 aromatic carbocycles. The van der Waals surface area contributed by atoms with E-state index in [-0.39, 0.29) is 11.7 Å². The Morgan fingerprint density at radius 1 is 1.44 bits per heavy atom. The third kappa shape index (κ3) is 3.01. The van der Waals surface area contributed by atoms with E-state index in [9.17, 15) is 4.79 Å². The molecule has 0 bridgehead atoms. The topological polar surface area (TPSA) is 50.2 Å². The number of hydrogen-bond donors (Lipinski definition) is 1. The monoisotopic (exact) mass is 261 g/mol. The first kappa shape index (κ1) is 12.9. The lowest BCUT2D eigenvalue weighted by molar-refractivity contribution is -0.136. The van der Waals surface area contributed by atoms with Crippen LogP contribution in [0.25, 0.3) is 10.9 Å². The molecule has 1 heterocycles. The fourth-order valence-corrected chi connectivity index (χ4v) is 2.80. The summed E-state index contributed by atoms with van der Waals surface area (Å²) in [4.78, 5) is 15.3. The van der Waals surface area contributed by atoms with Crippen LogP contribution in [-0.2, 0) is 4.79 Å². The summed E-state index contributed by atoms with van der Waals surface area (Å²) in [6.45, 7) is 3.92. The fourth-order valence-electron chi connectivity index (χ4n) is 1.80. The van der Waals surface area contributed by atoms with Gasteiger partial charge in [-0.25, -0.2) is 4.98 Å². The van der Waals surface area contributed by atoms with Gasteiger partial charge < -0.3 is 5.11 Å². The second kappa shape index (κ2) is 5.40. The Morgan fingerprint density at radius 3 is 2.89 bits per heavy atom. The summed E-state index contributed by atoms with van der Waals surface area (Å²) >= 11 is 1.52. The van der Waals surface area contributed by atoms with E-state index in [0.717, 1.165) is 21.5 Å². The molecule has 18 heavy (non-hydrogen) atoms. The molecule has 0 fully saturated rings. The predicted octanol–water partition coefficient (Wildman–Crippen LogP) is 3.50. The maximum atomic E-state index is 10.7. The lowest BCUT2D eigenvalue weighted by Gasteiger charge is -2.11. The standard InChI is InChI=1S/C14H15NO2S/c1-9-7-11-5-3-4-6-12(11)15-14(9)18-10(2)8-13(16)17/h3-7,10H,8H2,1-2H3,(H,16,17). The third-order valence-electron chi connectivity index (χ3n) is 2.64. The van der Waals surface area contributed by atoms with Gasteiger partial charge in [0.05, 0.1) is 17.0 Å². The number of nitrogens with zero attached hydrogens (tertiary/aromatic N) is 1. The number of aliphatic carboxylic acids is 1. The van der Waals surface area contributed by atoms with E-state index in [2.05, 4.69) is 11.1 Å². The zero-order valence-corrected chi connectivity index (χ0v) is 11.2. The Hall–Kier alpha value is -1.55. The van der Waals surface area contributed by atoms with Crippen molar-refractivity contribution in [3.05, 3.63) is 35.9 Å².